The molecular formula is C21H17ClFNO4. The topological polar surface area (TPSA) is 57.7 Å². The molecule has 0 amide bonds. The lowest BCUT2D eigenvalue weighted by molar-refractivity contribution is 0.0595. The quantitative estimate of drug-likeness (QED) is 0.533. The van der Waals surface area contributed by atoms with Gasteiger partial charge in [-0.05, 0) is 48.9 Å². The number of pyridine rings is 1. The highest BCUT2D eigenvalue weighted by molar-refractivity contribution is 6.30. The fraction of sp³-hybridized carbons (Fsp3) is 0.143. The zero-order chi connectivity index (χ0) is 20.3. The van der Waals surface area contributed by atoms with Gasteiger partial charge in [0.2, 0.25) is 5.88 Å². The SMILES string of the molecule is COC(=O)c1cc(-c2cccnc2OC)c(Oc2ccc(Cl)cc2C)cc1F. The van der Waals surface area contributed by atoms with Crippen LogP contribution in [-0.4, -0.2) is 25.2 Å². The largest absolute Gasteiger partial charge is 0.481 e. The molecule has 0 aliphatic rings. The number of methoxy groups -OCH3 is 2. The normalized spacial score (nSPS) is 10.5. The first-order valence-corrected chi connectivity index (χ1v) is 8.67. The number of aryl methyl sites for hydroxylation is 1. The zero-order valence-electron chi connectivity index (χ0n) is 15.5. The molecule has 0 saturated heterocycles. The van der Waals surface area contributed by atoms with E-state index < -0.39 is 11.8 Å². The molecule has 144 valence electrons. The molecule has 5 nitrogen and oxygen atoms in total. The highest BCUT2D eigenvalue weighted by Crippen LogP contribution is 2.40. The number of nitrogens with zero attached hydrogens (tertiary/aromatic N) is 1. The zero-order valence-corrected chi connectivity index (χ0v) is 16.2. The van der Waals surface area contributed by atoms with Gasteiger partial charge in [0.1, 0.15) is 17.3 Å². The molecule has 28 heavy (non-hydrogen) atoms. The number of benzene rings is 2. The summed E-state index contributed by atoms with van der Waals surface area (Å²) < 4.78 is 30.5. The van der Waals surface area contributed by atoms with E-state index in [0.717, 1.165) is 11.6 Å². The van der Waals surface area contributed by atoms with Crippen molar-refractivity contribution in [2.24, 2.45) is 0 Å². The van der Waals surface area contributed by atoms with Crippen LogP contribution in [0.3, 0.4) is 0 Å². The minimum Gasteiger partial charge on any atom is -0.481 e. The van der Waals surface area contributed by atoms with Crippen LogP contribution in [0.1, 0.15) is 15.9 Å². The summed E-state index contributed by atoms with van der Waals surface area (Å²) in [6, 6.07) is 11.0. The number of aromatic nitrogens is 1. The summed E-state index contributed by atoms with van der Waals surface area (Å²) in [6.07, 6.45) is 1.57. The van der Waals surface area contributed by atoms with Crippen LogP contribution in [0.15, 0.2) is 48.7 Å². The highest BCUT2D eigenvalue weighted by atomic mass is 35.5. The van der Waals surface area contributed by atoms with Gasteiger partial charge in [0.05, 0.1) is 19.8 Å². The molecule has 0 aliphatic heterocycles. The predicted molar refractivity (Wildman–Crippen MR) is 104 cm³/mol. The van der Waals surface area contributed by atoms with Crippen molar-refractivity contribution in [1.82, 2.24) is 4.98 Å². The van der Waals surface area contributed by atoms with Crippen LogP contribution in [0, 0.1) is 12.7 Å². The summed E-state index contributed by atoms with van der Waals surface area (Å²) in [4.78, 5) is 16.1. The third-order valence-electron chi connectivity index (χ3n) is 4.09. The van der Waals surface area contributed by atoms with Crippen molar-refractivity contribution in [1.29, 1.82) is 0 Å². The molecule has 7 heteroatoms. The maximum Gasteiger partial charge on any atom is 0.340 e. The molecule has 0 bridgehead atoms. The smallest absolute Gasteiger partial charge is 0.340 e. The number of carbonyl (C=O) groups is 1. The Morgan fingerprint density at radius 3 is 2.54 bits per heavy atom. The molecule has 0 aliphatic carbocycles. The number of carbonyl (C=O) groups excluding carboxylic acids is 1. The van der Waals surface area contributed by atoms with Crippen molar-refractivity contribution in [3.05, 3.63) is 70.6 Å². The van der Waals surface area contributed by atoms with E-state index in [1.165, 1.54) is 20.3 Å². The van der Waals surface area contributed by atoms with E-state index >= 15 is 0 Å². The molecular weight excluding hydrogens is 385 g/mol. The van der Waals surface area contributed by atoms with E-state index in [0.29, 0.717) is 27.8 Å². The van der Waals surface area contributed by atoms with Crippen LogP contribution in [0.4, 0.5) is 4.39 Å². The van der Waals surface area contributed by atoms with E-state index in [1.807, 2.05) is 6.92 Å². The molecule has 2 aromatic carbocycles. The summed E-state index contributed by atoms with van der Waals surface area (Å²) in [5.74, 6) is -0.556. The van der Waals surface area contributed by atoms with Crippen molar-refractivity contribution in [3.8, 4) is 28.5 Å². The first kappa shape index (κ1) is 19.6. The molecule has 3 rings (SSSR count). The average Bonchev–Trinajstić information content (AvgIpc) is 2.69. The van der Waals surface area contributed by atoms with Crippen LogP contribution in [0.5, 0.6) is 17.4 Å². The number of rotatable bonds is 5. The summed E-state index contributed by atoms with van der Waals surface area (Å²) in [6.45, 7) is 1.82. The average molecular weight is 402 g/mol. The van der Waals surface area contributed by atoms with Gasteiger partial charge >= 0.3 is 5.97 Å². The van der Waals surface area contributed by atoms with Crippen LogP contribution in [-0.2, 0) is 4.74 Å². The Morgan fingerprint density at radius 1 is 1.07 bits per heavy atom. The van der Waals surface area contributed by atoms with E-state index in [9.17, 15) is 9.18 Å². The Labute approximate surface area is 166 Å². The second-order valence-electron chi connectivity index (χ2n) is 5.89. The first-order valence-electron chi connectivity index (χ1n) is 8.29. The Hall–Kier alpha value is -3.12. The second-order valence-corrected chi connectivity index (χ2v) is 6.33. The highest BCUT2D eigenvalue weighted by Gasteiger charge is 2.21. The minimum absolute atomic E-state index is 0.196. The fourth-order valence-electron chi connectivity index (χ4n) is 2.72. The maximum absolute atomic E-state index is 14.6. The van der Waals surface area contributed by atoms with Crippen molar-refractivity contribution in [2.75, 3.05) is 14.2 Å². The molecule has 1 heterocycles. The van der Waals surface area contributed by atoms with Gasteiger partial charge in [0.25, 0.3) is 0 Å². The molecule has 0 unspecified atom stereocenters. The lowest BCUT2D eigenvalue weighted by Crippen LogP contribution is -2.06. The van der Waals surface area contributed by atoms with Crippen LogP contribution in [0.25, 0.3) is 11.1 Å². The standard InChI is InChI=1S/C21H17ClFNO4/c1-12-9-13(22)6-7-18(12)28-19-11-17(23)16(21(25)27-3)10-15(19)14-5-4-8-24-20(14)26-2/h4-11H,1-3H3. The summed E-state index contributed by atoms with van der Waals surface area (Å²) in [5, 5.41) is 0.561. The van der Waals surface area contributed by atoms with Crippen LogP contribution >= 0.6 is 11.6 Å². The minimum atomic E-state index is -0.796. The van der Waals surface area contributed by atoms with Crippen molar-refractivity contribution < 1.29 is 23.4 Å². The summed E-state index contributed by atoms with van der Waals surface area (Å²) >= 11 is 5.99. The Kier molecular flexibility index (Phi) is 5.80. The van der Waals surface area contributed by atoms with Crippen molar-refractivity contribution in [3.63, 3.8) is 0 Å². The maximum atomic E-state index is 14.6. The molecule has 1 aromatic heterocycles. The van der Waals surface area contributed by atoms with Crippen molar-refractivity contribution >= 4 is 17.6 Å². The molecule has 0 N–H and O–H groups in total. The Bertz CT molecular complexity index is 1040. The monoisotopic (exact) mass is 401 g/mol. The summed E-state index contributed by atoms with van der Waals surface area (Å²) in [5.41, 5.74) is 1.52. The number of hydrogen-bond donors (Lipinski definition) is 0. The molecule has 0 saturated carbocycles. The lowest BCUT2D eigenvalue weighted by Gasteiger charge is -2.16. The fourth-order valence-corrected chi connectivity index (χ4v) is 2.95. The van der Waals surface area contributed by atoms with Crippen LogP contribution in [0.2, 0.25) is 5.02 Å². The molecule has 0 radical (unpaired) electrons. The van der Waals surface area contributed by atoms with Gasteiger partial charge in [-0.25, -0.2) is 14.2 Å². The van der Waals surface area contributed by atoms with Crippen LogP contribution < -0.4 is 9.47 Å². The number of esters is 1. The predicted octanol–water partition coefficient (Wildman–Crippen LogP) is 5.44. The van der Waals surface area contributed by atoms with E-state index in [4.69, 9.17) is 21.1 Å². The summed E-state index contributed by atoms with van der Waals surface area (Å²) in [7, 11) is 2.66. The molecule has 0 fully saturated rings. The number of hydrogen-bond acceptors (Lipinski definition) is 5. The Balaban J connectivity index is 2.20. The van der Waals surface area contributed by atoms with E-state index in [1.54, 1.807) is 36.5 Å². The number of halogens is 2. The molecule has 0 atom stereocenters. The van der Waals surface area contributed by atoms with E-state index in [2.05, 4.69) is 9.72 Å². The molecule has 3 aromatic rings. The lowest BCUT2D eigenvalue weighted by atomic mass is 10.0. The first-order chi connectivity index (χ1) is 13.4. The van der Waals surface area contributed by atoms with Gasteiger partial charge < -0.3 is 14.2 Å². The third-order valence-corrected chi connectivity index (χ3v) is 4.32. The van der Waals surface area contributed by atoms with Gasteiger partial charge in [-0.15, -0.1) is 0 Å². The molecule has 0 spiro atoms. The van der Waals surface area contributed by atoms with E-state index in [-0.39, 0.29) is 11.3 Å². The Morgan fingerprint density at radius 2 is 1.86 bits per heavy atom. The number of ether oxygens (including phenoxy) is 3. The second kappa shape index (κ2) is 8.27. The van der Waals surface area contributed by atoms with Crippen molar-refractivity contribution in [2.45, 2.75) is 6.92 Å². The van der Waals surface area contributed by atoms with Gasteiger partial charge in [0, 0.05) is 28.4 Å². The van der Waals surface area contributed by atoms with Gasteiger partial charge in [0.15, 0.2) is 0 Å². The van der Waals surface area contributed by atoms with Gasteiger partial charge in [-0.1, -0.05) is 11.6 Å². The third kappa shape index (κ3) is 3.92. The van der Waals surface area contributed by atoms with Gasteiger partial charge in [-0.2, -0.15) is 0 Å². The van der Waals surface area contributed by atoms with Gasteiger partial charge in [-0.3, -0.25) is 0 Å².